The Balaban J connectivity index is 1.71. The van der Waals surface area contributed by atoms with Crippen molar-refractivity contribution in [1.29, 1.82) is 0 Å². The van der Waals surface area contributed by atoms with Crippen molar-refractivity contribution in [1.82, 2.24) is 4.57 Å². The second-order valence-electron chi connectivity index (χ2n) is 6.38. The van der Waals surface area contributed by atoms with Crippen LogP contribution in [0.3, 0.4) is 0 Å². The molecule has 29 heavy (non-hydrogen) atoms. The lowest BCUT2D eigenvalue weighted by Crippen LogP contribution is -2.37. The predicted octanol–water partition coefficient (Wildman–Crippen LogP) is 3.02. The van der Waals surface area contributed by atoms with E-state index in [9.17, 15) is 4.79 Å². The van der Waals surface area contributed by atoms with Gasteiger partial charge in [-0.2, -0.15) is 4.99 Å². The smallest absolute Gasteiger partial charge is 0.292 e. The summed E-state index contributed by atoms with van der Waals surface area (Å²) in [4.78, 5) is 17.8. The van der Waals surface area contributed by atoms with Crippen LogP contribution in [0, 0.1) is 0 Å². The summed E-state index contributed by atoms with van der Waals surface area (Å²) in [5.41, 5.74) is 0.911. The van der Waals surface area contributed by atoms with Crippen LogP contribution in [0.5, 0.6) is 17.2 Å². The summed E-state index contributed by atoms with van der Waals surface area (Å²) in [6, 6.07) is 13.1. The van der Waals surface area contributed by atoms with Crippen LogP contribution in [-0.4, -0.2) is 43.5 Å². The Morgan fingerprint density at radius 2 is 2.07 bits per heavy atom. The first-order valence-corrected chi connectivity index (χ1v) is 10.2. The van der Waals surface area contributed by atoms with E-state index in [-0.39, 0.29) is 12.5 Å². The Hall–Kier alpha value is -2.84. The van der Waals surface area contributed by atoms with E-state index in [1.807, 2.05) is 47.9 Å². The van der Waals surface area contributed by atoms with Crippen molar-refractivity contribution >= 4 is 27.5 Å². The normalized spacial score (nSPS) is 16.2. The molecule has 0 saturated carbocycles. The number of amides is 1. The minimum absolute atomic E-state index is 0.131. The van der Waals surface area contributed by atoms with Crippen molar-refractivity contribution in [2.24, 2.45) is 4.99 Å². The van der Waals surface area contributed by atoms with Gasteiger partial charge in [0.25, 0.3) is 5.91 Å². The number of thiazole rings is 1. The number of carbonyl (C=O) groups is 1. The second-order valence-corrected chi connectivity index (χ2v) is 7.39. The minimum Gasteiger partial charge on any atom is -0.492 e. The standard InChI is InChI=1S/C21H22N2O5S/c1-3-26-16-9-6-10-18-19(16)23(11-12-25-2)21(29-18)22-20(24)17-13-27-14-7-4-5-8-15(14)28-17/h4-10,17H,3,11-13H2,1-2H3/t17-/m0/s1. The van der Waals surface area contributed by atoms with Crippen molar-refractivity contribution in [3.8, 4) is 17.2 Å². The van der Waals surface area contributed by atoms with Gasteiger partial charge in [-0.1, -0.05) is 29.5 Å². The number of ether oxygens (including phenoxy) is 4. The van der Waals surface area contributed by atoms with Gasteiger partial charge in [0, 0.05) is 13.7 Å². The SMILES string of the molecule is CCOc1cccc2sc(=NC(=O)[C@@H]3COc4ccccc4O3)n(CCOC)c12. The molecule has 1 atom stereocenters. The van der Waals surface area contributed by atoms with Crippen LogP contribution in [0.4, 0.5) is 0 Å². The van der Waals surface area contributed by atoms with Crippen LogP contribution in [0.1, 0.15) is 6.92 Å². The zero-order chi connectivity index (χ0) is 20.2. The summed E-state index contributed by atoms with van der Waals surface area (Å²) < 4.78 is 25.4. The first-order chi connectivity index (χ1) is 14.2. The van der Waals surface area contributed by atoms with Gasteiger partial charge in [-0.3, -0.25) is 4.79 Å². The first-order valence-electron chi connectivity index (χ1n) is 9.42. The molecule has 0 unspecified atom stereocenters. The fourth-order valence-electron chi connectivity index (χ4n) is 3.15. The molecule has 2 aromatic carbocycles. The fraction of sp³-hybridized carbons (Fsp3) is 0.333. The van der Waals surface area contributed by atoms with Gasteiger partial charge < -0.3 is 23.5 Å². The Morgan fingerprint density at radius 3 is 2.86 bits per heavy atom. The van der Waals surface area contributed by atoms with Gasteiger partial charge in [-0.05, 0) is 31.2 Å². The van der Waals surface area contributed by atoms with Gasteiger partial charge in [0.2, 0.25) is 6.10 Å². The van der Waals surface area contributed by atoms with E-state index in [1.165, 1.54) is 11.3 Å². The van der Waals surface area contributed by atoms with E-state index in [0.29, 0.717) is 36.1 Å². The summed E-state index contributed by atoms with van der Waals surface area (Å²) in [6.07, 6.45) is -0.780. The molecule has 0 spiro atoms. The molecule has 1 aliphatic rings. The molecule has 1 aliphatic heterocycles. The number of aromatic nitrogens is 1. The van der Waals surface area contributed by atoms with Gasteiger partial charge in [-0.25, -0.2) is 0 Å². The van der Waals surface area contributed by atoms with Crippen molar-refractivity contribution in [3.05, 3.63) is 47.3 Å². The molecule has 4 rings (SSSR count). The molecule has 0 fully saturated rings. The molecule has 0 bridgehead atoms. The van der Waals surface area contributed by atoms with Crippen LogP contribution in [-0.2, 0) is 16.1 Å². The summed E-state index contributed by atoms with van der Waals surface area (Å²) in [5.74, 6) is 1.57. The van der Waals surface area contributed by atoms with Crippen LogP contribution in [0.2, 0.25) is 0 Å². The lowest BCUT2D eigenvalue weighted by Gasteiger charge is -2.23. The maximum absolute atomic E-state index is 12.8. The highest BCUT2D eigenvalue weighted by Gasteiger charge is 2.27. The first kappa shape index (κ1) is 19.5. The number of hydrogen-bond acceptors (Lipinski definition) is 6. The van der Waals surface area contributed by atoms with Gasteiger partial charge in [0.1, 0.15) is 17.9 Å². The van der Waals surface area contributed by atoms with Crippen molar-refractivity contribution in [3.63, 3.8) is 0 Å². The Bertz CT molecular complexity index is 1090. The number of carbonyl (C=O) groups excluding carboxylic acids is 1. The summed E-state index contributed by atoms with van der Waals surface area (Å²) in [7, 11) is 1.64. The quantitative estimate of drug-likeness (QED) is 0.620. The maximum Gasteiger partial charge on any atom is 0.292 e. The molecular formula is C21H22N2O5S. The zero-order valence-corrected chi connectivity index (χ0v) is 17.1. The third-order valence-electron chi connectivity index (χ3n) is 4.47. The molecule has 1 aromatic heterocycles. The number of methoxy groups -OCH3 is 1. The average Bonchev–Trinajstić information content (AvgIpc) is 3.10. The molecule has 0 N–H and O–H groups in total. The maximum atomic E-state index is 12.8. The summed E-state index contributed by atoms with van der Waals surface area (Å²) in [6.45, 7) is 3.67. The van der Waals surface area contributed by atoms with Crippen LogP contribution < -0.4 is 19.0 Å². The molecule has 0 saturated heterocycles. The van der Waals surface area contributed by atoms with E-state index in [0.717, 1.165) is 16.0 Å². The largest absolute Gasteiger partial charge is 0.492 e. The van der Waals surface area contributed by atoms with Gasteiger partial charge in [0.15, 0.2) is 16.3 Å². The van der Waals surface area contributed by atoms with Gasteiger partial charge >= 0.3 is 0 Å². The molecule has 1 amide bonds. The summed E-state index contributed by atoms with van der Waals surface area (Å²) >= 11 is 1.44. The monoisotopic (exact) mass is 414 g/mol. The highest BCUT2D eigenvalue weighted by molar-refractivity contribution is 7.16. The average molecular weight is 414 g/mol. The Labute approximate surface area is 172 Å². The van der Waals surface area contributed by atoms with E-state index in [4.69, 9.17) is 18.9 Å². The van der Waals surface area contributed by atoms with E-state index in [1.54, 1.807) is 13.2 Å². The van der Waals surface area contributed by atoms with E-state index >= 15 is 0 Å². The number of nitrogens with zero attached hydrogens (tertiary/aromatic N) is 2. The Kier molecular flexibility index (Phi) is 5.82. The molecule has 0 aliphatic carbocycles. The molecule has 8 heteroatoms. The lowest BCUT2D eigenvalue weighted by atomic mass is 10.2. The third kappa shape index (κ3) is 3.99. The Morgan fingerprint density at radius 1 is 1.24 bits per heavy atom. The van der Waals surface area contributed by atoms with Gasteiger partial charge in [0.05, 0.1) is 17.9 Å². The summed E-state index contributed by atoms with van der Waals surface area (Å²) in [5, 5.41) is 0. The zero-order valence-electron chi connectivity index (χ0n) is 16.3. The van der Waals surface area contributed by atoms with Crippen LogP contribution in [0.25, 0.3) is 10.2 Å². The molecular weight excluding hydrogens is 392 g/mol. The minimum atomic E-state index is -0.780. The molecule has 0 radical (unpaired) electrons. The topological polar surface area (TPSA) is 71.3 Å². The van der Waals surface area contributed by atoms with Crippen molar-refractivity contribution in [2.45, 2.75) is 19.6 Å². The number of para-hydroxylation sites is 3. The fourth-order valence-corrected chi connectivity index (χ4v) is 4.23. The number of benzene rings is 2. The molecule has 152 valence electrons. The predicted molar refractivity (Wildman–Crippen MR) is 110 cm³/mol. The number of fused-ring (bicyclic) bond motifs is 2. The molecule has 3 aromatic rings. The number of hydrogen-bond donors (Lipinski definition) is 0. The van der Waals surface area contributed by atoms with E-state index in [2.05, 4.69) is 4.99 Å². The third-order valence-corrected chi connectivity index (χ3v) is 5.52. The van der Waals surface area contributed by atoms with Gasteiger partial charge in [-0.15, -0.1) is 0 Å². The second kappa shape index (κ2) is 8.67. The van der Waals surface area contributed by atoms with Crippen molar-refractivity contribution < 1.29 is 23.7 Å². The van der Waals surface area contributed by atoms with Crippen LogP contribution >= 0.6 is 11.3 Å². The van der Waals surface area contributed by atoms with Crippen LogP contribution in [0.15, 0.2) is 47.5 Å². The highest BCUT2D eigenvalue weighted by atomic mass is 32.1. The lowest BCUT2D eigenvalue weighted by molar-refractivity contribution is -0.127. The molecule has 7 nitrogen and oxygen atoms in total. The van der Waals surface area contributed by atoms with E-state index < -0.39 is 6.10 Å². The molecule has 2 heterocycles. The number of rotatable bonds is 6. The highest BCUT2D eigenvalue weighted by Crippen LogP contribution is 2.31. The van der Waals surface area contributed by atoms with Crippen molar-refractivity contribution in [2.75, 3.05) is 26.9 Å².